The van der Waals surface area contributed by atoms with Gasteiger partial charge in [0.1, 0.15) is 5.75 Å². The summed E-state index contributed by atoms with van der Waals surface area (Å²) in [6, 6.07) is 10.5. The number of rotatable bonds is 7. The first-order valence-electron chi connectivity index (χ1n) is 8.99. The Hall–Kier alpha value is -3.15. The van der Waals surface area contributed by atoms with E-state index in [0.717, 1.165) is 16.7 Å². The lowest BCUT2D eigenvalue weighted by molar-refractivity contribution is -0.155. The predicted molar refractivity (Wildman–Crippen MR) is 107 cm³/mol. The van der Waals surface area contributed by atoms with Crippen molar-refractivity contribution >= 4 is 23.3 Å². The molecule has 2 rings (SSSR count). The standard InChI is InChI=1S/C22H25NO5/c1-13-9-14(2)21(15(3)10-13)27-12-20(25)28-17(5)22(26)23-19-8-6-7-18(11-19)16(4)24/h6-11,17H,12H2,1-5H3,(H,23,26). The number of Topliss-reactive ketones (excluding diaryl/α,β-unsaturated/α-hetero) is 1. The number of nitrogens with one attached hydrogen (secondary N) is 1. The number of amides is 1. The number of benzene rings is 2. The van der Waals surface area contributed by atoms with E-state index in [1.807, 2.05) is 32.9 Å². The molecule has 1 atom stereocenters. The van der Waals surface area contributed by atoms with Gasteiger partial charge in [-0.1, -0.05) is 29.8 Å². The first kappa shape index (κ1) is 21.2. The molecule has 1 amide bonds. The molecular weight excluding hydrogens is 358 g/mol. The third-order valence-electron chi connectivity index (χ3n) is 4.15. The summed E-state index contributed by atoms with van der Waals surface area (Å²) in [5.41, 5.74) is 3.93. The maximum absolute atomic E-state index is 12.2. The van der Waals surface area contributed by atoms with Crippen molar-refractivity contribution in [1.82, 2.24) is 0 Å². The monoisotopic (exact) mass is 383 g/mol. The molecule has 0 fully saturated rings. The number of hydrogen-bond acceptors (Lipinski definition) is 5. The quantitative estimate of drug-likeness (QED) is 0.581. The molecule has 1 unspecified atom stereocenters. The van der Waals surface area contributed by atoms with Gasteiger partial charge in [-0.15, -0.1) is 0 Å². The van der Waals surface area contributed by atoms with Crippen LogP contribution in [0.1, 0.15) is 40.9 Å². The normalized spacial score (nSPS) is 11.5. The van der Waals surface area contributed by atoms with Gasteiger partial charge in [-0.3, -0.25) is 9.59 Å². The molecule has 0 saturated heterocycles. The second-order valence-electron chi connectivity index (χ2n) is 6.77. The molecule has 0 aliphatic carbocycles. The summed E-state index contributed by atoms with van der Waals surface area (Å²) in [4.78, 5) is 35.7. The van der Waals surface area contributed by atoms with Crippen molar-refractivity contribution in [2.24, 2.45) is 0 Å². The molecule has 0 aliphatic heterocycles. The molecule has 0 spiro atoms. The fourth-order valence-electron chi connectivity index (χ4n) is 2.87. The molecular formula is C22H25NO5. The van der Waals surface area contributed by atoms with Crippen molar-refractivity contribution in [2.75, 3.05) is 11.9 Å². The van der Waals surface area contributed by atoms with Gasteiger partial charge in [0.2, 0.25) is 0 Å². The topological polar surface area (TPSA) is 81.7 Å². The zero-order valence-electron chi connectivity index (χ0n) is 16.8. The lowest BCUT2D eigenvalue weighted by Crippen LogP contribution is -2.31. The highest BCUT2D eigenvalue weighted by molar-refractivity contribution is 5.98. The highest BCUT2D eigenvalue weighted by Crippen LogP contribution is 2.24. The largest absolute Gasteiger partial charge is 0.481 e. The second-order valence-corrected chi connectivity index (χ2v) is 6.77. The van der Waals surface area contributed by atoms with Gasteiger partial charge in [0.15, 0.2) is 18.5 Å². The number of anilines is 1. The highest BCUT2D eigenvalue weighted by atomic mass is 16.6. The molecule has 2 aromatic carbocycles. The Morgan fingerprint density at radius 2 is 1.68 bits per heavy atom. The number of aryl methyl sites for hydroxylation is 3. The highest BCUT2D eigenvalue weighted by Gasteiger charge is 2.19. The number of carbonyl (C=O) groups is 3. The van der Waals surface area contributed by atoms with Gasteiger partial charge in [0.05, 0.1) is 0 Å². The van der Waals surface area contributed by atoms with E-state index in [2.05, 4.69) is 5.32 Å². The third kappa shape index (κ3) is 5.67. The van der Waals surface area contributed by atoms with Crippen molar-refractivity contribution in [3.8, 4) is 5.75 Å². The summed E-state index contributed by atoms with van der Waals surface area (Å²) in [7, 11) is 0. The number of esters is 1. The predicted octanol–water partition coefficient (Wildman–Crippen LogP) is 3.76. The fourth-order valence-corrected chi connectivity index (χ4v) is 2.87. The third-order valence-corrected chi connectivity index (χ3v) is 4.15. The second kappa shape index (κ2) is 9.17. The lowest BCUT2D eigenvalue weighted by atomic mass is 10.1. The van der Waals surface area contributed by atoms with E-state index < -0.39 is 18.0 Å². The van der Waals surface area contributed by atoms with E-state index in [4.69, 9.17) is 9.47 Å². The molecule has 0 aromatic heterocycles. The summed E-state index contributed by atoms with van der Waals surface area (Å²) in [5.74, 6) is -0.591. The van der Waals surface area contributed by atoms with E-state index >= 15 is 0 Å². The molecule has 148 valence electrons. The minimum atomic E-state index is -1.00. The summed E-state index contributed by atoms with van der Waals surface area (Å²) >= 11 is 0. The van der Waals surface area contributed by atoms with Crippen LogP contribution in [0, 0.1) is 20.8 Å². The van der Waals surface area contributed by atoms with Crippen LogP contribution in [0.2, 0.25) is 0 Å². The number of hydrogen-bond donors (Lipinski definition) is 1. The van der Waals surface area contributed by atoms with E-state index in [0.29, 0.717) is 17.0 Å². The average molecular weight is 383 g/mol. The van der Waals surface area contributed by atoms with E-state index in [1.165, 1.54) is 13.8 Å². The van der Waals surface area contributed by atoms with Crippen LogP contribution in [0.4, 0.5) is 5.69 Å². The van der Waals surface area contributed by atoms with Crippen LogP contribution < -0.4 is 10.1 Å². The average Bonchev–Trinajstić information content (AvgIpc) is 2.60. The molecule has 28 heavy (non-hydrogen) atoms. The SMILES string of the molecule is CC(=O)c1cccc(NC(=O)C(C)OC(=O)COc2c(C)cc(C)cc2C)c1. The van der Waals surface area contributed by atoms with E-state index in [-0.39, 0.29) is 12.4 Å². The minimum absolute atomic E-state index is 0.102. The zero-order chi connectivity index (χ0) is 20.8. The van der Waals surface area contributed by atoms with Crippen LogP contribution in [-0.2, 0) is 14.3 Å². The van der Waals surface area contributed by atoms with Crippen LogP contribution >= 0.6 is 0 Å². The smallest absolute Gasteiger partial charge is 0.344 e. The van der Waals surface area contributed by atoms with Crippen LogP contribution in [0.25, 0.3) is 0 Å². The molecule has 0 aliphatic rings. The molecule has 1 N–H and O–H groups in total. The van der Waals surface area contributed by atoms with Crippen molar-refractivity contribution < 1.29 is 23.9 Å². The Bertz CT molecular complexity index is 881. The van der Waals surface area contributed by atoms with Gasteiger partial charge in [-0.2, -0.15) is 0 Å². The molecule has 6 nitrogen and oxygen atoms in total. The van der Waals surface area contributed by atoms with Crippen LogP contribution in [0.3, 0.4) is 0 Å². The Morgan fingerprint density at radius 3 is 2.29 bits per heavy atom. The number of ketones is 1. The molecule has 6 heteroatoms. The number of carbonyl (C=O) groups excluding carboxylic acids is 3. The summed E-state index contributed by atoms with van der Waals surface area (Å²) in [6.07, 6.45) is -1.00. The maximum atomic E-state index is 12.2. The van der Waals surface area contributed by atoms with Crippen molar-refractivity contribution in [2.45, 2.75) is 40.7 Å². The molecule has 0 bridgehead atoms. The summed E-state index contributed by atoms with van der Waals surface area (Å²) in [5, 5.41) is 2.63. The maximum Gasteiger partial charge on any atom is 0.344 e. The first-order chi connectivity index (χ1) is 13.2. The van der Waals surface area contributed by atoms with Crippen LogP contribution in [0.5, 0.6) is 5.75 Å². The van der Waals surface area contributed by atoms with Crippen molar-refractivity contribution in [1.29, 1.82) is 0 Å². The molecule has 2 aromatic rings. The minimum Gasteiger partial charge on any atom is -0.481 e. The summed E-state index contributed by atoms with van der Waals surface area (Å²) in [6.45, 7) is 8.44. The Balaban J connectivity index is 1.90. The number of ether oxygens (including phenoxy) is 2. The van der Waals surface area contributed by atoms with E-state index in [1.54, 1.807) is 24.3 Å². The summed E-state index contributed by atoms with van der Waals surface area (Å²) < 4.78 is 10.7. The first-order valence-corrected chi connectivity index (χ1v) is 8.99. The van der Waals surface area contributed by atoms with E-state index in [9.17, 15) is 14.4 Å². The Kier molecular flexibility index (Phi) is 6.93. The lowest BCUT2D eigenvalue weighted by Gasteiger charge is -2.16. The molecule has 0 saturated carbocycles. The van der Waals surface area contributed by atoms with Gasteiger partial charge in [-0.25, -0.2) is 4.79 Å². The van der Waals surface area contributed by atoms with Crippen molar-refractivity contribution in [3.63, 3.8) is 0 Å². The Labute approximate surface area is 164 Å². The van der Waals surface area contributed by atoms with Gasteiger partial charge < -0.3 is 14.8 Å². The van der Waals surface area contributed by atoms with Gasteiger partial charge in [0.25, 0.3) is 5.91 Å². The zero-order valence-corrected chi connectivity index (χ0v) is 16.8. The van der Waals surface area contributed by atoms with Gasteiger partial charge in [-0.05, 0) is 57.9 Å². The van der Waals surface area contributed by atoms with Crippen LogP contribution in [-0.4, -0.2) is 30.4 Å². The van der Waals surface area contributed by atoms with Gasteiger partial charge in [0, 0.05) is 11.3 Å². The van der Waals surface area contributed by atoms with Crippen molar-refractivity contribution in [3.05, 3.63) is 58.7 Å². The Morgan fingerprint density at radius 1 is 1.04 bits per heavy atom. The van der Waals surface area contributed by atoms with Gasteiger partial charge >= 0.3 is 5.97 Å². The molecule has 0 heterocycles. The fraction of sp³-hybridized carbons (Fsp3) is 0.318. The molecule has 0 radical (unpaired) electrons. The van der Waals surface area contributed by atoms with Crippen LogP contribution in [0.15, 0.2) is 36.4 Å².